The first-order valence-corrected chi connectivity index (χ1v) is 7.33. The number of hydrogen-bond donors (Lipinski definition) is 2. The van der Waals surface area contributed by atoms with Crippen LogP contribution >= 0.6 is 24.0 Å². The van der Waals surface area contributed by atoms with Crippen LogP contribution in [0.3, 0.4) is 0 Å². The Kier molecular flexibility index (Phi) is 5.27. The van der Waals surface area contributed by atoms with Gasteiger partial charge in [-0.3, -0.25) is 4.68 Å². The fraction of sp³-hybridized carbons (Fsp3) is 0.636. The van der Waals surface area contributed by atoms with Gasteiger partial charge in [0.2, 0.25) is 0 Å². The van der Waals surface area contributed by atoms with Crippen molar-refractivity contribution >= 4 is 34.8 Å². The Morgan fingerprint density at radius 1 is 1.65 bits per heavy atom. The fourth-order valence-corrected chi connectivity index (χ4v) is 2.70. The number of aromatic nitrogens is 2. The van der Waals surface area contributed by atoms with Crippen molar-refractivity contribution in [3.63, 3.8) is 0 Å². The molecule has 1 atom stereocenters. The van der Waals surface area contributed by atoms with Gasteiger partial charge in [-0.1, -0.05) is 19.1 Å². The first kappa shape index (κ1) is 14.3. The van der Waals surface area contributed by atoms with Crippen molar-refractivity contribution in [3.8, 4) is 0 Å². The van der Waals surface area contributed by atoms with Crippen molar-refractivity contribution in [2.24, 2.45) is 18.7 Å². The quantitative estimate of drug-likeness (QED) is 0.773. The van der Waals surface area contributed by atoms with E-state index < -0.39 is 0 Å². The standard InChI is InChI=1S/C11H20N4S2/c1-7(6-17-4)5-13-11-9(10(12)16)8(2)14-15(11)3/h7,13H,5-6H2,1-4H3,(H2,12,16). The Morgan fingerprint density at radius 3 is 2.82 bits per heavy atom. The van der Waals surface area contributed by atoms with Gasteiger partial charge in [0.15, 0.2) is 0 Å². The minimum atomic E-state index is 0.399. The van der Waals surface area contributed by atoms with E-state index in [1.54, 1.807) is 4.68 Å². The van der Waals surface area contributed by atoms with Crippen molar-refractivity contribution in [2.45, 2.75) is 13.8 Å². The molecule has 0 spiro atoms. The van der Waals surface area contributed by atoms with E-state index in [-0.39, 0.29) is 0 Å². The molecule has 0 amide bonds. The summed E-state index contributed by atoms with van der Waals surface area (Å²) in [4.78, 5) is 0.399. The monoisotopic (exact) mass is 272 g/mol. The number of rotatable bonds is 6. The van der Waals surface area contributed by atoms with Gasteiger partial charge < -0.3 is 11.1 Å². The fourth-order valence-electron chi connectivity index (χ4n) is 1.77. The topological polar surface area (TPSA) is 55.9 Å². The largest absolute Gasteiger partial charge is 0.389 e. The lowest BCUT2D eigenvalue weighted by molar-refractivity contribution is 0.685. The van der Waals surface area contributed by atoms with Crippen LogP contribution in [0.5, 0.6) is 0 Å². The highest BCUT2D eigenvalue weighted by molar-refractivity contribution is 7.98. The molecule has 0 fully saturated rings. The lowest BCUT2D eigenvalue weighted by atomic mass is 10.2. The maximum Gasteiger partial charge on any atom is 0.134 e. The Morgan fingerprint density at radius 2 is 2.29 bits per heavy atom. The zero-order valence-corrected chi connectivity index (χ0v) is 12.4. The second-order valence-electron chi connectivity index (χ2n) is 4.24. The zero-order valence-electron chi connectivity index (χ0n) is 10.8. The predicted octanol–water partition coefficient (Wildman–Crippen LogP) is 1.77. The second kappa shape index (κ2) is 6.26. The second-order valence-corrected chi connectivity index (χ2v) is 5.59. The van der Waals surface area contributed by atoms with Gasteiger partial charge in [0.1, 0.15) is 10.8 Å². The van der Waals surface area contributed by atoms with Crippen LogP contribution < -0.4 is 11.1 Å². The SMILES string of the molecule is CSCC(C)CNc1c(C(N)=S)c(C)nn1C. The Hall–Kier alpha value is -0.750. The molecule has 0 bridgehead atoms. The van der Waals surface area contributed by atoms with Gasteiger partial charge in [-0.25, -0.2) is 0 Å². The summed E-state index contributed by atoms with van der Waals surface area (Å²) in [6.07, 6.45) is 2.12. The van der Waals surface area contributed by atoms with Crippen molar-refractivity contribution < 1.29 is 0 Å². The molecule has 17 heavy (non-hydrogen) atoms. The smallest absolute Gasteiger partial charge is 0.134 e. The third-order valence-corrected chi connectivity index (χ3v) is 3.64. The van der Waals surface area contributed by atoms with E-state index in [2.05, 4.69) is 23.6 Å². The molecule has 3 N–H and O–H groups in total. The van der Waals surface area contributed by atoms with Crippen LogP contribution in [0.25, 0.3) is 0 Å². The van der Waals surface area contributed by atoms with Gasteiger partial charge in [0, 0.05) is 13.6 Å². The van der Waals surface area contributed by atoms with Gasteiger partial charge >= 0.3 is 0 Å². The maximum atomic E-state index is 5.73. The van der Waals surface area contributed by atoms with Crippen molar-refractivity contribution in [1.29, 1.82) is 0 Å². The molecular formula is C11H20N4S2. The summed E-state index contributed by atoms with van der Waals surface area (Å²) in [6, 6.07) is 0. The molecule has 0 aliphatic carbocycles. The number of anilines is 1. The summed E-state index contributed by atoms with van der Waals surface area (Å²) in [5.41, 5.74) is 7.46. The van der Waals surface area contributed by atoms with Crippen LogP contribution in [0, 0.1) is 12.8 Å². The molecule has 1 heterocycles. The highest BCUT2D eigenvalue weighted by Gasteiger charge is 2.15. The van der Waals surface area contributed by atoms with E-state index in [0.29, 0.717) is 10.9 Å². The first-order valence-electron chi connectivity index (χ1n) is 5.53. The van der Waals surface area contributed by atoms with Gasteiger partial charge in [0.05, 0.1) is 11.3 Å². The summed E-state index contributed by atoms with van der Waals surface area (Å²) >= 11 is 6.91. The summed E-state index contributed by atoms with van der Waals surface area (Å²) in [6.45, 7) is 5.04. The highest BCUT2D eigenvalue weighted by Crippen LogP contribution is 2.19. The lowest BCUT2D eigenvalue weighted by Gasteiger charge is -2.13. The van der Waals surface area contributed by atoms with Crippen LogP contribution in [0.4, 0.5) is 5.82 Å². The molecule has 0 saturated heterocycles. The first-order chi connectivity index (χ1) is 7.97. The Labute approximate surface area is 112 Å². The molecule has 1 unspecified atom stereocenters. The average Bonchev–Trinajstić information content (AvgIpc) is 2.50. The van der Waals surface area contributed by atoms with Gasteiger partial charge in [-0.05, 0) is 24.9 Å². The third-order valence-electron chi connectivity index (χ3n) is 2.54. The number of thioether (sulfide) groups is 1. The van der Waals surface area contributed by atoms with Crippen LogP contribution in [0.15, 0.2) is 0 Å². The van der Waals surface area contributed by atoms with Crippen LogP contribution in [0.1, 0.15) is 18.2 Å². The number of nitrogens with two attached hydrogens (primary N) is 1. The lowest BCUT2D eigenvalue weighted by Crippen LogP contribution is -2.19. The molecule has 0 radical (unpaired) electrons. The molecule has 0 aromatic carbocycles. The van der Waals surface area contributed by atoms with E-state index in [9.17, 15) is 0 Å². The number of nitrogens with one attached hydrogen (secondary N) is 1. The number of aryl methyl sites for hydroxylation is 2. The maximum absolute atomic E-state index is 5.73. The highest BCUT2D eigenvalue weighted by atomic mass is 32.2. The molecule has 0 aliphatic heterocycles. The Balaban J connectivity index is 2.80. The molecule has 0 aliphatic rings. The minimum absolute atomic E-state index is 0.399. The van der Waals surface area contributed by atoms with Crippen LogP contribution in [-0.4, -0.2) is 33.3 Å². The van der Waals surface area contributed by atoms with E-state index >= 15 is 0 Å². The third kappa shape index (κ3) is 3.61. The normalized spacial score (nSPS) is 12.5. The molecule has 6 heteroatoms. The van der Waals surface area contributed by atoms with Crippen molar-refractivity contribution in [2.75, 3.05) is 23.9 Å². The summed E-state index contributed by atoms with van der Waals surface area (Å²) < 4.78 is 1.80. The molecule has 0 saturated carbocycles. The number of hydrogen-bond acceptors (Lipinski definition) is 4. The van der Waals surface area contributed by atoms with Gasteiger partial charge in [-0.2, -0.15) is 16.9 Å². The molecule has 4 nitrogen and oxygen atoms in total. The average molecular weight is 272 g/mol. The zero-order chi connectivity index (χ0) is 13.0. The predicted molar refractivity (Wildman–Crippen MR) is 79.9 cm³/mol. The van der Waals surface area contributed by atoms with E-state index in [4.69, 9.17) is 18.0 Å². The minimum Gasteiger partial charge on any atom is -0.389 e. The molecule has 1 aromatic heterocycles. The van der Waals surface area contributed by atoms with Crippen LogP contribution in [-0.2, 0) is 7.05 Å². The van der Waals surface area contributed by atoms with E-state index in [1.165, 1.54) is 0 Å². The van der Waals surface area contributed by atoms with Crippen LogP contribution in [0.2, 0.25) is 0 Å². The van der Waals surface area contributed by atoms with E-state index in [1.807, 2.05) is 25.7 Å². The summed E-state index contributed by atoms with van der Waals surface area (Å²) in [7, 11) is 1.90. The summed E-state index contributed by atoms with van der Waals surface area (Å²) in [5, 5.41) is 7.73. The van der Waals surface area contributed by atoms with Crippen molar-refractivity contribution in [1.82, 2.24) is 9.78 Å². The van der Waals surface area contributed by atoms with Crippen molar-refractivity contribution in [3.05, 3.63) is 11.3 Å². The van der Waals surface area contributed by atoms with Gasteiger partial charge in [0.25, 0.3) is 0 Å². The molecule has 96 valence electrons. The Bertz CT molecular complexity index is 400. The van der Waals surface area contributed by atoms with E-state index in [0.717, 1.165) is 29.4 Å². The number of thiocarbonyl (C=S) groups is 1. The molecule has 1 rings (SSSR count). The molecular weight excluding hydrogens is 252 g/mol. The summed E-state index contributed by atoms with van der Waals surface area (Å²) in [5.74, 6) is 2.65. The van der Waals surface area contributed by atoms with Gasteiger partial charge in [-0.15, -0.1) is 0 Å². The number of nitrogens with zero attached hydrogens (tertiary/aromatic N) is 2. The molecule has 1 aromatic rings.